The summed E-state index contributed by atoms with van der Waals surface area (Å²) >= 11 is 0. The Morgan fingerprint density at radius 1 is 0.595 bits per heavy atom. The Morgan fingerprint density at radius 2 is 0.946 bits per heavy atom. The van der Waals surface area contributed by atoms with Crippen LogP contribution < -0.4 is 0 Å². The summed E-state index contributed by atoms with van der Waals surface area (Å²) in [5, 5.41) is 25.1. The average molecular weight is 491 g/mol. The molecule has 2 amide bonds. The molecule has 0 spiro atoms. The predicted octanol–water partition coefficient (Wildman–Crippen LogP) is 5.11. The van der Waals surface area contributed by atoms with Gasteiger partial charge >= 0.3 is 6.03 Å². The summed E-state index contributed by atoms with van der Waals surface area (Å²) in [6.45, 7) is 0. The summed E-state index contributed by atoms with van der Waals surface area (Å²) in [6, 6.07) is 36.2. The number of amides is 2. The molecule has 5 rings (SSSR count). The summed E-state index contributed by atoms with van der Waals surface area (Å²) in [7, 11) is 3.33. The minimum absolute atomic E-state index is 0.335. The molecule has 186 valence electrons. The lowest BCUT2D eigenvalue weighted by molar-refractivity contribution is 0.00421. The smallest absolute Gasteiger partial charge is 0.324 e. The van der Waals surface area contributed by atoms with Crippen molar-refractivity contribution in [2.45, 2.75) is 17.2 Å². The molecule has 1 aliphatic rings. The lowest BCUT2D eigenvalue weighted by Crippen LogP contribution is -2.59. The lowest BCUT2D eigenvalue weighted by atomic mass is 9.75. The van der Waals surface area contributed by atoms with Gasteiger partial charge in [-0.3, -0.25) is 4.90 Å². The highest BCUT2D eigenvalue weighted by molar-refractivity contribution is 5.79. The minimum Gasteiger partial charge on any atom is -0.378 e. The van der Waals surface area contributed by atoms with Crippen molar-refractivity contribution in [1.82, 2.24) is 9.80 Å². The number of benzene rings is 4. The SMILES string of the molecule is CN1C(=O)N(C)C(C(O)(c2ccccc2)c2ccccc2)C=C1C(O)(c1ccccc1)c1ccccc1. The van der Waals surface area contributed by atoms with E-state index in [1.54, 1.807) is 14.1 Å². The Kier molecular flexibility index (Phi) is 6.42. The van der Waals surface area contributed by atoms with Crippen molar-refractivity contribution in [3.63, 3.8) is 0 Å². The van der Waals surface area contributed by atoms with Gasteiger partial charge in [-0.2, -0.15) is 0 Å². The van der Waals surface area contributed by atoms with E-state index in [0.717, 1.165) is 0 Å². The molecule has 1 heterocycles. The quantitative estimate of drug-likeness (QED) is 0.395. The third-order valence-corrected chi connectivity index (χ3v) is 7.29. The van der Waals surface area contributed by atoms with Gasteiger partial charge in [-0.05, 0) is 28.3 Å². The maximum Gasteiger partial charge on any atom is 0.324 e. The summed E-state index contributed by atoms with van der Waals surface area (Å²) < 4.78 is 0. The number of urea groups is 1. The zero-order valence-electron chi connectivity index (χ0n) is 20.9. The van der Waals surface area contributed by atoms with Gasteiger partial charge in [0.15, 0.2) is 5.60 Å². The molecule has 1 atom stereocenters. The first-order valence-electron chi connectivity index (χ1n) is 12.3. The number of nitrogens with zero attached hydrogens (tertiary/aromatic N) is 2. The van der Waals surface area contributed by atoms with E-state index in [-0.39, 0.29) is 6.03 Å². The van der Waals surface area contributed by atoms with E-state index in [4.69, 9.17) is 0 Å². The summed E-state index contributed by atoms with van der Waals surface area (Å²) in [4.78, 5) is 16.7. The van der Waals surface area contributed by atoms with Crippen LogP contribution in [0, 0.1) is 0 Å². The highest BCUT2D eigenvalue weighted by Gasteiger charge is 2.50. The highest BCUT2D eigenvalue weighted by Crippen LogP contribution is 2.44. The van der Waals surface area contributed by atoms with Crippen LogP contribution in [0.1, 0.15) is 22.3 Å². The Morgan fingerprint density at radius 3 is 1.32 bits per heavy atom. The van der Waals surface area contributed by atoms with Crippen LogP contribution >= 0.6 is 0 Å². The van der Waals surface area contributed by atoms with Gasteiger partial charge in [0.1, 0.15) is 5.60 Å². The van der Waals surface area contributed by atoms with Crippen molar-refractivity contribution in [3.8, 4) is 0 Å². The summed E-state index contributed by atoms with van der Waals surface area (Å²) in [5.74, 6) is 0. The number of hydrogen-bond acceptors (Lipinski definition) is 3. The molecule has 4 aromatic rings. The monoisotopic (exact) mass is 490 g/mol. The first-order valence-corrected chi connectivity index (χ1v) is 12.3. The molecule has 0 bridgehead atoms. The van der Waals surface area contributed by atoms with Gasteiger partial charge in [-0.1, -0.05) is 121 Å². The molecule has 37 heavy (non-hydrogen) atoms. The molecule has 0 saturated heterocycles. The summed E-state index contributed by atoms with van der Waals surface area (Å²) in [6.07, 6.45) is 1.82. The van der Waals surface area contributed by atoms with E-state index in [1.807, 2.05) is 127 Å². The third kappa shape index (κ3) is 4.02. The zero-order chi connectivity index (χ0) is 26.0. The Balaban J connectivity index is 1.79. The molecule has 1 unspecified atom stereocenters. The van der Waals surface area contributed by atoms with E-state index < -0.39 is 17.2 Å². The molecule has 0 fully saturated rings. The number of likely N-dealkylation sites (N-methyl/N-ethyl adjacent to an activating group) is 2. The fraction of sp³-hybridized carbons (Fsp3) is 0.156. The minimum atomic E-state index is -1.64. The molecule has 0 radical (unpaired) electrons. The Bertz CT molecular complexity index is 1310. The van der Waals surface area contributed by atoms with Gasteiger partial charge in [0.05, 0.1) is 11.7 Å². The molecule has 4 aromatic carbocycles. The largest absolute Gasteiger partial charge is 0.378 e. The molecule has 5 nitrogen and oxygen atoms in total. The topological polar surface area (TPSA) is 64.0 Å². The normalized spacial score (nSPS) is 16.5. The van der Waals surface area contributed by atoms with Crippen molar-refractivity contribution < 1.29 is 15.0 Å². The zero-order valence-corrected chi connectivity index (χ0v) is 20.9. The van der Waals surface area contributed by atoms with Gasteiger partial charge in [-0.15, -0.1) is 0 Å². The highest BCUT2D eigenvalue weighted by atomic mass is 16.3. The van der Waals surface area contributed by atoms with E-state index in [9.17, 15) is 15.0 Å². The third-order valence-electron chi connectivity index (χ3n) is 7.29. The number of carbonyl (C=O) groups is 1. The molecule has 2 N–H and O–H groups in total. The average Bonchev–Trinajstić information content (AvgIpc) is 2.97. The Hall–Kier alpha value is -4.19. The van der Waals surface area contributed by atoms with Crippen molar-refractivity contribution in [3.05, 3.63) is 155 Å². The van der Waals surface area contributed by atoms with Gasteiger partial charge in [0, 0.05) is 14.1 Å². The Labute approximate surface area is 217 Å². The van der Waals surface area contributed by atoms with Crippen LogP contribution in [0.5, 0.6) is 0 Å². The maximum absolute atomic E-state index is 13.8. The number of hydrogen-bond donors (Lipinski definition) is 2. The van der Waals surface area contributed by atoms with Crippen LogP contribution in [0.25, 0.3) is 0 Å². The fourth-order valence-electron chi connectivity index (χ4n) is 5.31. The number of rotatable bonds is 6. The second-order valence-electron chi connectivity index (χ2n) is 9.39. The van der Waals surface area contributed by atoms with E-state index in [0.29, 0.717) is 28.0 Å². The lowest BCUT2D eigenvalue weighted by Gasteiger charge is -2.48. The van der Waals surface area contributed by atoms with E-state index in [2.05, 4.69) is 0 Å². The first kappa shape index (κ1) is 24.5. The standard InChI is InChI=1S/C32H30N2O3/c1-33-28(31(36,24-15-7-3-8-16-24)25-17-9-4-10-18-25)23-29(34(2)30(33)35)32(37,26-19-11-5-12-20-26)27-21-13-6-14-22-27/h3-23,28,36-37H,1-2H3. The van der Waals surface area contributed by atoms with Crippen molar-refractivity contribution in [1.29, 1.82) is 0 Å². The number of carbonyl (C=O) groups excluding carboxylic acids is 1. The molecular weight excluding hydrogens is 460 g/mol. The van der Waals surface area contributed by atoms with Gasteiger partial charge in [0.25, 0.3) is 0 Å². The van der Waals surface area contributed by atoms with Gasteiger partial charge in [0.2, 0.25) is 0 Å². The predicted molar refractivity (Wildman–Crippen MR) is 145 cm³/mol. The van der Waals surface area contributed by atoms with Crippen LogP contribution in [-0.4, -0.2) is 46.2 Å². The van der Waals surface area contributed by atoms with Crippen LogP contribution in [-0.2, 0) is 11.2 Å². The molecule has 0 saturated carbocycles. The maximum atomic E-state index is 13.8. The van der Waals surface area contributed by atoms with Crippen LogP contribution in [0.4, 0.5) is 4.79 Å². The second-order valence-corrected chi connectivity index (χ2v) is 9.39. The van der Waals surface area contributed by atoms with Crippen molar-refractivity contribution in [2.24, 2.45) is 0 Å². The van der Waals surface area contributed by atoms with Gasteiger partial charge < -0.3 is 15.1 Å². The first-order chi connectivity index (χ1) is 17.9. The van der Waals surface area contributed by atoms with Crippen molar-refractivity contribution >= 4 is 6.03 Å². The van der Waals surface area contributed by atoms with E-state index >= 15 is 0 Å². The van der Waals surface area contributed by atoms with Gasteiger partial charge in [-0.25, -0.2) is 4.79 Å². The van der Waals surface area contributed by atoms with E-state index in [1.165, 1.54) is 9.80 Å². The molecule has 5 heteroatoms. The van der Waals surface area contributed by atoms with Crippen LogP contribution in [0.3, 0.4) is 0 Å². The second kappa shape index (κ2) is 9.69. The molecule has 0 aromatic heterocycles. The van der Waals surface area contributed by atoms with Crippen LogP contribution in [0.15, 0.2) is 133 Å². The number of aliphatic hydroxyl groups is 2. The van der Waals surface area contributed by atoms with Crippen LogP contribution in [0.2, 0.25) is 0 Å². The molecular formula is C32H30N2O3. The summed E-state index contributed by atoms with van der Waals surface area (Å²) in [5.41, 5.74) is -0.294. The molecule has 0 aliphatic carbocycles. The molecule has 1 aliphatic heterocycles. The van der Waals surface area contributed by atoms with Crippen molar-refractivity contribution in [2.75, 3.05) is 14.1 Å². The fourth-order valence-corrected chi connectivity index (χ4v) is 5.31.